The molecule has 0 aliphatic carbocycles. The van der Waals surface area contributed by atoms with E-state index >= 15 is 0 Å². The molecule has 0 aromatic carbocycles. The Labute approximate surface area is 54.9 Å². The Balaban J connectivity index is 3.90. The second-order valence-corrected chi connectivity index (χ2v) is 8.63. The van der Waals surface area contributed by atoms with Gasteiger partial charge in [0.2, 0.25) is 0 Å². The van der Waals surface area contributed by atoms with Gasteiger partial charge in [-0.3, -0.25) is 0 Å². The van der Waals surface area contributed by atoms with Crippen LogP contribution in [0.4, 0.5) is 0 Å². The molecule has 0 rings (SSSR count). The van der Waals surface area contributed by atoms with Crippen LogP contribution in [-0.2, 0) is 8.88 Å². The molecule has 0 radical (unpaired) electrons. The van der Waals surface area contributed by atoms with Crippen LogP contribution in [0.25, 0.3) is 0 Å². The molecule has 0 aliphatic rings. The SMILES string of the molecule is C[PH](C)(C)OP(=O)(O)O. The van der Waals surface area contributed by atoms with Crippen LogP contribution >= 0.6 is 15.3 Å². The standard InChI is InChI=1S/C3H12O4P2/c1-8(2,3)7-9(4,5)6/h8H,1-3H3,(H2,4,5,6). The van der Waals surface area contributed by atoms with Crippen molar-refractivity contribution in [3.8, 4) is 0 Å². The summed E-state index contributed by atoms with van der Waals surface area (Å²) in [6.45, 7) is 5.14. The molecule has 9 heavy (non-hydrogen) atoms. The molecular weight excluding hydrogens is 162 g/mol. The van der Waals surface area contributed by atoms with Crippen molar-refractivity contribution in [2.24, 2.45) is 0 Å². The third-order valence-electron chi connectivity index (χ3n) is 0.393. The van der Waals surface area contributed by atoms with Crippen LogP contribution in [0.1, 0.15) is 0 Å². The summed E-state index contributed by atoms with van der Waals surface area (Å²) in [5.74, 6) is 0. The average molecular weight is 174 g/mol. The number of hydrogen-bond acceptors (Lipinski definition) is 2. The molecule has 2 N–H and O–H groups in total. The Morgan fingerprint density at radius 2 is 1.67 bits per heavy atom. The predicted octanol–water partition coefficient (Wildman–Crippen LogP) is 0.650. The van der Waals surface area contributed by atoms with Gasteiger partial charge >= 0.3 is 54.0 Å². The molecule has 0 aliphatic heterocycles. The maximum atomic E-state index is 10.2. The normalized spacial score (nSPS) is 15.7. The number of hydrogen-bond donors (Lipinski definition) is 2. The quantitative estimate of drug-likeness (QED) is 0.603. The van der Waals surface area contributed by atoms with Crippen molar-refractivity contribution in [1.82, 2.24) is 0 Å². The molecule has 4 nitrogen and oxygen atoms in total. The van der Waals surface area contributed by atoms with Gasteiger partial charge in [0, 0.05) is 0 Å². The van der Waals surface area contributed by atoms with E-state index in [9.17, 15) is 4.57 Å². The topological polar surface area (TPSA) is 66.8 Å². The summed E-state index contributed by atoms with van der Waals surface area (Å²) < 4.78 is 14.6. The Kier molecular flexibility index (Phi) is 2.81. The van der Waals surface area contributed by atoms with Gasteiger partial charge in [0.15, 0.2) is 0 Å². The van der Waals surface area contributed by atoms with E-state index in [2.05, 4.69) is 4.31 Å². The van der Waals surface area contributed by atoms with Crippen LogP contribution in [0.2, 0.25) is 0 Å². The summed E-state index contributed by atoms with van der Waals surface area (Å²) in [6, 6.07) is 0. The van der Waals surface area contributed by atoms with Crippen LogP contribution in [0, 0.1) is 0 Å². The van der Waals surface area contributed by atoms with E-state index in [1.807, 2.05) is 0 Å². The monoisotopic (exact) mass is 174 g/mol. The fourth-order valence-corrected chi connectivity index (χ4v) is 3.21. The molecule has 6 heteroatoms. The van der Waals surface area contributed by atoms with Crippen LogP contribution < -0.4 is 0 Å². The second-order valence-electron chi connectivity index (χ2n) is 2.69. The fourth-order valence-electron chi connectivity index (χ4n) is 0.357. The van der Waals surface area contributed by atoms with E-state index < -0.39 is 15.3 Å². The Morgan fingerprint density at radius 3 is 1.67 bits per heavy atom. The summed E-state index contributed by atoms with van der Waals surface area (Å²) >= 11 is 0. The Morgan fingerprint density at radius 1 is 1.33 bits per heavy atom. The van der Waals surface area contributed by atoms with E-state index in [0.29, 0.717) is 0 Å². The minimum atomic E-state index is -4.23. The summed E-state index contributed by atoms with van der Waals surface area (Å²) in [5.41, 5.74) is 0. The summed E-state index contributed by atoms with van der Waals surface area (Å²) in [6.07, 6.45) is 0. The van der Waals surface area contributed by atoms with Crippen molar-refractivity contribution in [2.45, 2.75) is 0 Å². The first-order valence-electron chi connectivity index (χ1n) is 2.47. The molecule has 0 saturated carbocycles. The van der Waals surface area contributed by atoms with Gasteiger partial charge in [-0.1, -0.05) is 0 Å². The van der Waals surface area contributed by atoms with Crippen LogP contribution in [0.15, 0.2) is 0 Å². The molecule has 0 fully saturated rings. The van der Waals surface area contributed by atoms with Crippen molar-refractivity contribution in [2.75, 3.05) is 20.0 Å². The summed E-state index contributed by atoms with van der Waals surface area (Å²) in [5, 5.41) is 0. The Hall–Kier alpha value is 0.540. The molecule has 0 heterocycles. The zero-order valence-electron chi connectivity index (χ0n) is 5.66. The first-order valence-corrected chi connectivity index (χ1v) is 7.41. The first kappa shape index (κ1) is 9.54. The van der Waals surface area contributed by atoms with Crippen molar-refractivity contribution in [1.29, 1.82) is 0 Å². The minimum absolute atomic E-state index is 1.71. The van der Waals surface area contributed by atoms with E-state index in [-0.39, 0.29) is 0 Å². The molecule has 0 aromatic rings. The summed E-state index contributed by atoms with van der Waals surface area (Å²) in [7, 11) is -6.28. The molecule has 0 aromatic heterocycles. The maximum absolute atomic E-state index is 10.2. The third-order valence-corrected chi connectivity index (χ3v) is 3.54. The van der Waals surface area contributed by atoms with Gasteiger partial charge < -0.3 is 0 Å². The molecule has 0 amide bonds. The first-order chi connectivity index (χ1) is 3.71. The second kappa shape index (κ2) is 2.65. The zero-order valence-corrected chi connectivity index (χ0v) is 7.55. The van der Waals surface area contributed by atoms with Crippen LogP contribution in [0.3, 0.4) is 0 Å². The predicted molar refractivity (Wildman–Crippen MR) is 39.2 cm³/mol. The van der Waals surface area contributed by atoms with Gasteiger partial charge in [0.25, 0.3) is 0 Å². The van der Waals surface area contributed by atoms with Gasteiger partial charge in [-0.2, -0.15) is 0 Å². The van der Waals surface area contributed by atoms with Gasteiger partial charge in [-0.05, 0) is 0 Å². The molecule has 0 spiro atoms. The average Bonchev–Trinajstić information content (AvgIpc) is 1.14. The number of phosphoric acid groups is 1. The van der Waals surface area contributed by atoms with E-state index in [4.69, 9.17) is 9.79 Å². The van der Waals surface area contributed by atoms with E-state index in [1.54, 1.807) is 20.0 Å². The molecule has 58 valence electrons. The van der Waals surface area contributed by atoms with Gasteiger partial charge in [0.05, 0.1) is 0 Å². The summed E-state index contributed by atoms with van der Waals surface area (Å²) in [4.78, 5) is 16.6. The fraction of sp³-hybridized carbons (Fsp3) is 1.00. The van der Waals surface area contributed by atoms with E-state index in [1.165, 1.54) is 0 Å². The van der Waals surface area contributed by atoms with E-state index in [0.717, 1.165) is 0 Å². The molecule has 0 unspecified atom stereocenters. The zero-order chi connectivity index (χ0) is 7.71. The molecule has 0 atom stereocenters. The van der Waals surface area contributed by atoms with Gasteiger partial charge in [0.1, 0.15) is 0 Å². The number of rotatable bonds is 2. The van der Waals surface area contributed by atoms with Crippen LogP contribution in [-0.4, -0.2) is 29.8 Å². The van der Waals surface area contributed by atoms with Crippen molar-refractivity contribution in [3.63, 3.8) is 0 Å². The third kappa shape index (κ3) is 8.54. The molecule has 0 bridgehead atoms. The Bertz CT molecular complexity index is 131. The van der Waals surface area contributed by atoms with Gasteiger partial charge in [-0.25, -0.2) is 0 Å². The molecule has 0 saturated heterocycles. The van der Waals surface area contributed by atoms with Crippen molar-refractivity contribution >= 4 is 15.3 Å². The van der Waals surface area contributed by atoms with Crippen molar-refractivity contribution < 1.29 is 18.7 Å². The van der Waals surface area contributed by atoms with Gasteiger partial charge in [-0.15, -0.1) is 0 Å². The molecular formula is C3H12O4P2. The van der Waals surface area contributed by atoms with Crippen LogP contribution in [0.5, 0.6) is 0 Å². The van der Waals surface area contributed by atoms with Crippen molar-refractivity contribution in [3.05, 3.63) is 0 Å².